The fraction of sp³-hybridized carbons (Fsp3) is 0.364. The third-order valence-corrected chi connectivity index (χ3v) is 8.71. The molecule has 1 saturated carbocycles. The van der Waals surface area contributed by atoms with Gasteiger partial charge in [0.2, 0.25) is 5.91 Å². The van der Waals surface area contributed by atoms with Crippen LogP contribution >= 0.6 is 11.3 Å². The van der Waals surface area contributed by atoms with E-state index in [0.29, 0.717) is 17.0 Å². The standard InChI is InChI=1S/C22H24N2O3S2/c25-21(10-5-11-22-24-19-8-3-4-9-20(19)28-22)23-16-12-14-18(15-13-16)29(26,27)17-6-1-2-7-17/h3-4,8-9,12-15,17H,1-2,5-7,10-11H2,(H,23,25). The van der Waals surface area contributed by atoms with Gasteiger partial charge in [0, 0.05) is 12.1 Å². The number of carbonyl (C=O) groups excluding carboxylic acids is 1. The number of hydrogen-bond acceptors (Lipinski definition) is 5. The number of sulfone groups is 1. The maximum atomic E-state index is 12.6. The molecule has 2 aromatic carbocycles. The van der Waals surface area contributed by atoms with E-state index in [-0.39, 0.29) is 11.2 Å². The summed E-state index contributed by atoms with van der Waals surface area (Å²) in [6.07, 6.45) is 5.35. The SMILES string of the molecule is O=C(CCCc1nc2ccccc2s1)Nc1ccc(S(=O)(=O)C2CCCC2)cc1. The molecule has 0 radical (unpaired) electrons. The maximum Gasteiger partial charge on any atom is 0.224 e. The Morgan fingerprint density at radius 2 is 1.79 bits per heavy atom. The molecule has 7 heteroatoms. The zero-order valence-electron chi connectivity index (χ0n) is 16.1. The summed E-state index contributed by atoms with van der Waals surface area (Å²) in [5.41, 5.74) is 1.63. The zero-order chi connectivity index (χ0) is 20.3. The number of aromatic nitrogens is 1. The number of aryl methyl sites for hydroxylation is 1. The Morgan fingerprint density at radius 3 is 2.52 bits per heavy atom. The Kier molecular flexibility index (Phi) is 5.96. The molecular weight excluding hydrogens is 404 g/mol. The lowest BCUT2D eigenvalue weighted by molar-refractivity contribution is -0.116. The number of carbonyl (C=O) groups is 1. The van der Waals surface area contributed by atoms with Gasteiger partial charge in [-0.05, 0) is 62.1 Å². The molecule has 0 saturated heterocycles. The number of nitrogens with zero attached hydrogens (tertiary/aromatic N) is 1. The van der Waals surface area contributed by atoms with E-state index in [1.807, 2.05) is 18.2 Å². The molecule has 1 aliphatic rings. The van der Waals surface area contributed by atoms with Crippen LogP contribution in [0.5, 0.6) is 0 Å². The normalized spacial score (nSPS) is 15.0. The van der Waals surface area contributed by atoms with Crippen molar-refractivity contribution in [3.63, 3.8) is 0 Å². The second-order valence-corrected chi connectivity index (χ2v) is 10.8. The zero-order valence-corrected chi connectivity index (χ0v) is 17.8. The molecule has 3 aromatic rings. The van der Waals surface area contributed by atoms with Crippen LogP contribution in [0.4, 0.5) is 5.69 Å². The average molecular weight is 429 g/mol. The van der Waals surface area contributed by atoms with Gasteiger partial charge in [0.05, 0.1) is 25.4 Å². The van der Waals surface area contributed by atoms with E-state index in [9.17, 15) is 13.2 Å². The first kappa shape index (κ1) is 20.0. The molecule has 5 nitrogen and oxygen atoms in total. The number of para-hydroxylation sites is 1. The van der Waals surface area contributed by atoms with Crippen molar-refractivity contribution >= 4 is 43.0 Å². The topological polar surface area (TPSA) is 76.1 Å². The van der Waals surface area contributed by atoms with Gasteiger partial charge in [0.1, 0.15) is 0 Å². The molecule has 0 atom stereocenters. The lowest BCUT2D eigenvalue weighted by Crippen LogP contribution is -2.18. The molecule has 0 aliphatic heterocycles. The molecule has 0 spiro atoms. The lowest BCUT2D eigenvalue weighted by atomic mass is 10.2. The van der Waals surface area contributed by atoms with E-state index in [1.54, 1.807) is 35.6 Å². The van der Waals surface area contributed by atoms with Crippen LogP contribution in [-0.4, -0.2) is 24.6 Å². The van der Waals surface area contributed by atoms with Crippen LogP contribution < -0.4 is 5.32 Å². The number of hydrogen-bond donors (Lipinski definition) is 1. The summed E-state index contributed by atoms with van der Waals surface area (Å²) < 4.78 is 26.4. The minimum Gasteiger partial charge on any atom is -0.326 e. The van der Waals surface area contributed by atoms with Crippen molar-refractivity contribution in [3.05, 3.63) is 53.5 Å². The number of benzene rings is 2. The fourth-order valence-corrected chi connectivity index (χ4v) is 6.63. The highest BCUT2D eigenvalue weighted by Gasteiger charge is 2.30. The van der Waals surface area contributed by atoms with Gasteiger partial charge in [-0.15, -0.1) is 11.3 Å². The number of nitrogens with one attached hydrogen (secondary N) is 1. The first-order valence-corrected chi connectivity index (χ1v) is 12.4. The quantitative estimate of drug-likeness (QED) is 0.576. The van der Waals surface area contributed by atoms with Crippen molar-refractivity contribution in [1.82, 2.24) is 4.98 Å². The first-order valence-electron chi connectivity index (χ1n) is 10.0. The summed E-state index contributed by atoms with van der Waals surface area (Å²) in [6.45, 7) is 0. The van der Waals surface area contributed by atoms with Crippen molar-refractivity contribution in [2.45, 2.75) is 55.1 Å². The van der Waals surface area contributed by atoms with Crippen molar-refractivity contribution in [1.29, 1.82) is 0 Å². The van der Waals surface area contributed by atoms with Gasteiger partial charge < -0.3 is 5.32 Å². The Bertz CT molecular complexity index is 1070. The minimum atomic E-state index is -3.26. The van der Waals surface area contributed by atoms with E-state index in [1.165, 1.54) is 4.70 Å². The molecule has 1 heterocycles. The Morgan fingerprint density at radius 1 is 1.07 bits per heavy atom. The van der Waals surface area contributed by atoms with Gasteiger partial charge in [-0.25, -0.2) is 13.4 Å². The third kappa shape index (κ3) is 4.67. The molecule has 0 bridgehead atoms. The van der Waals surface area contributed by atoms with Crippen LogP contribution in [0.1, 0.15) is 43.5 Å². The Balaban J connectivity index is 1.29. The van der Waals surface area contributed by atoms with Crippen LogP contribution in [0.3, 0.4) is 0 Å². The van der Waals surface area contributed by atoms with Crippen LogP contribution in [0.15, 0.2) is 53.4 Å². The molecular formula is C22H24N2O3S2. The predicted octanol–water partition coefficient (Wildman–Crippen LogP) is 4.97. The smallest absolute Gasteiger partial charge is 0.224 e. The van der Waals surface area contributed by atoms with Gasteiger partial charge in [-0.1, -0.05) is 25.0 Å². The first-order chi connectivity index (χ1) is 14.0. The summed E-state index contributed by atoms with van der Waals surface area (Å²) in [4.78, 5) is 17.2. The summed E-state index contributed by atoms with van der Waals surface area (Å²) in [5, 5.41) is 3.64. The van der Waals surface area contributed by atoms with Gasteiger partial charge in [-0.2, -0.15) is 0 Å². The number of amides is 1. The highest BCUT2D eigenvalue weighted by Crippen LogP contribution is 2.30. The number of rotatable bonds is 7. The largest absolute Gasteiger partial charge is 0.326 e. The molecule has 4 rings (SSSR count). The summed E-state index contributed by atoms with van der Waals surface area (Å²) in [7, 11) is -3.26. The Labute approximate surface area is 175 Å². The van der Waals surface area contributed by atoms with Crippen LogP contribution in [0.2, 0.25) is 0 Å². The van der Waals surface area contributed by atoms with Gasteiger partial charge in [-0.3, -0.25) is 4.79 Å². The highest BCUT2D eigenvalue weighted by molar-refractivity contribution is 7.92. The van der Waals surface area contributed by atoms with Crippen molar-refractivity contribution in [2.75, 3.05) is 5.32 Å². The van der Waals surface area contributed by atoms with Gasteiger partial charge in [0.15, 0.2) is 9.84 Å². The van der Waals surface area contributed by atoms with E-state index >= 15 is 0 Å². The third-order valence-electron chi connectivity index (χ3n) is 5.34. The van der Waals surface area contributed by atoms with E-state index in [4.69, 9.17) is 0 Å². The van der Waals surface area contributed by atoms with Crippen LogP contribution in [0, 0.1) is 0 Å². The second-order valence-electron chi connectivity index (χ2n) is 7.45. The van der Waals surface area contributed by atoms with E-state index in [0.717, 1.165) is 49.0 Å². The molecule has 1 aliphatic carbocycles. The van der Waals surface area contributed by atoms with E-state index < -0.39 is 9.84 Å². The lowest BCUT2D eigenvalue weighted by Gasteiger charge is -2.12. The van der Waals surface area contributed by atoms with Crippen molar-refractivity contribution in [2.24, 2.45) is 0 Å². The summed E-state index contributed by atoms with van der Waals surface area (Å²) in [5.74, 6) is -0.0717. The second kappa shape index (κ2) is 8.63. The van der Waals surface area contributed by atoms with Crippen molar-refractivity contribution in [3.8, 4) is 0 Å². The summed E-state index contributed by atoms with van der Waals surface area (Å²) >= 11 is 1.67. The molecule has 152 valence electrons. The van der Waals surface area contributed by atoms with Gasteiger partial charge in [0.25, 0.3) is 0 Å². The molecule has 1 fully saturated rings. The summed E-state index contributed by atoms with van der Waals surface area (Å²) in [6, 6.07) is 14.6. The fourth-order valence-electron chi connectivity index (χ4n) is 3.77. The molecule has 1 N–H and O–H groups in total. The number of thiazole rings is 1. The monoisotopic (exact) mass is 428 g/mol. The molecule has 1 aromatic heterocycles. The number of fused-ring (bicyclic) bond motifs is 1. The van der Waals surface area contributed by atoms with Crippen molar-refractivity contribution < 1.29 is 13.2 Å². The molecule has 1 amide bonds. The van der Waals surface area contributed by atoms with E-state index in [2.05, 4.69) is 16.4 Å². The maximum absolute atomic E-state index is 12.6. The van der Waals surface area contributed by atoms with Crippen LogP contribution in [-0.2, 0) is 21.1 Å². The van der Waals surface area contributed by atoms with Gasteiger partial charge >= 0.3 is 0 Å². The average Bonchev–Trinajstić information content (AvgIpc) is 3.38. The molecule has 29 heavy (non-hydrogen) atoms. The van der Waals surface area contributed by atoms with Crippen LogP contribution in [0.25, 0.3) is 10.2 Å². The highest BCUT2D eigenvalue weighted by atomic mass is 32.2. The minimum absolute atomic E-state index is 0.0717. The number of anilines is 1. The predicted molar refractivity (Wildman–Crippen MR) is 117 cm³/mol. The molecule has 0 unspecified atom stereocenters. The Hall–Kier alpha value is -2.25.